The van der Waals surface area contributed by atoms with Crippen molar-refractivity contribution in [3.05, 3.63) is 41.7 Å². The summed E-state index contributed by atoms with van der Waals surface area (Å²) in [7, 11) is 0. The molecular weight excluding hydrogens is 216 g/mol. The minimum Gasteiger partial charge on any atom is -0.469 e. The van der Waals surface area contributed by atoms with Gasteiger partial charge in [-0.1, -0.05) is 0 Å². The predicted molar refractivity (Wildman–Crippen MR) is 62.4 cm³/mol. The molecular formula is C12H12N4O. The Labute approximate surface area is 99.1 Å². The molecule has 2 aromatic rings. The number of rotatable bonds is 4. The van der Waals surface area contributed by atoms with E-state index in [1.54, 1.807) is 13.2 Å². The van der Waals surface area contributed by atoms with Crippen molar-refractivity contribution in [2.24, 2.45) is 0 Å². The second-order valence-electron chi connectivity index (χ2n) is 3.55. The normalized spacial score (nSPS) is 9.88. The number of nitrogens with one attached hydrogen (secondary N) is 1. The smallest absolute Gasteiger partial charge is 0.147 e. The Morgan fingerprint density at radius 1 is 1.53 bits per heavy atom. The number of hydrogen-bond donors (Lipinski definition) is 1. The number of hydrogen-bond acceptors (Lipinski definition) is 5. The van der Waals surface area contributed by atoms with Crippen LogP contribution in [0.4, 0.5) is 5.82 Å². The Morgan fingerprint density at radius 2 is 2.41 bits per heavy atom. The predicted octanol–water partition coefficient (Wildman–Crippen LogP) is 1.90. The second-order valence-corrected chi connectivity index (χ2v) is 3.55. The van der Waals surface area contributed by atoms with Gasteiger partial charge < -0.3 is 9.73 Å². The molecule has 0 aliphatic heterocycles. The van der Waals surface area contributed by atoms with E-state index in [-0.39, 0.29) is 0 Å². The van der Waals surface area contributed by atoms with Crippen LogP contribution in [0.2, 0.25) is 0 Å². The summed E-state index contributed by atoms with van der Waals surface area (Å²) in [5.41, 5.74) is 0.454. The van der Waals surface area contributed by atoms with Gasteiger partial charge in [0, 0.05) is 13.0 Å². The van der Waals surface area contributed by atoms with Crippen molar-refractivity contribution in [2.45, 2.75) is 13.3 Å². The lowest BCUT2D eigenvalue weighted by Crippen LogP contribution is -2.08. The number of aromatic nitrogens is 2. The molecule has 5 heteroatoms. The molecule has 0 unspecified atom stereocenters. The maximum atomic E-state index is 8.90. The van der Waals surface area contributed by atoms with Crippen molar-refractivity contribution in [1.29, 1.82) is 5.26 Å². The molecule has 0 radical (unpaired) electrons. The fourth-order valence-electron chi connectivity index (χ4n) is 1.45. The van der Waals surface area contributed by atoms with Gasteiger partial charge in [0.05, 0.1) is 12.5 Å². The molecule has 0 fully saturated rings. The molecule has 17 heavy (non-hydrogen) atoms. The monoisotopic (exact) mass is 228 g/mol. The number of nitriles is 1. The maximum Gasteiger partial charge on any atom is 0.147 e. The van der Waals surface area contributed by atoms with Crippen LogP contribution in [-0.4, -0.2) is 16.5 Å². The van der Waals surface area contributed by atoms with E-state index >= 15 is 0 Å². The molecule has 0 spiro atoms. The summed E-state index contributed by atoms with van der Waals surface area (Å²) in [6, 6.07) is 5.82. The van der Waals surface area contributed by atoms with E-state index in [4.69, 9.17) is 9.68 Å². The quantitative estimate of drug-likeness (QED) is 0.865. The highest BCUT2D eigenvalue weighted by atomic mass is 16.3. The van der Waals surface area contributed by atoms with Gasteiger partial charge in [0.25, 0.3) is 0 Å². The number of aryl methyl sites for hydroxylation is 1. The van der Waals surface area contributed by atoms with E-state index in [1.165, 1.54) is 6.20 Å². The van der Waals surface area contributed by atoms with Crippen molar-refractivity contribution in [1.82, 2.24) is 9.97 Å². The molecule has 0 saturated heterocycles. The first-order valence-electron chi connectivity index (χ1n) is 5.29. The first kappa shape index (κ1) is 11.1. The Bertz CT molecular complexity index is 528. The molecule has 0 amide bonds. The highest BCUT2D eigenvalue weighted by Gasteiger charge is 2.04. The molecule has 0 atom stereocenters. The topological polar surface area (TPSA) is 74.7 Å². The minimum atomic E-state index is 0.454. The molecule has 0 aromatic carbocycles. The second kappa shape index (κ2) is 5.12. The zero-order chi connectivity index (χ0) is 12.1. The van der Waals surface area contributed by atoms with Gasteiger partial charge in [-0.3, -0.25) is 0 Å². The summed E-state index contributed by atoms with van der Waals surface area (Å²) in [4.78, 5) is 8.16. The van der Waals surface area contributed by atoms with Gasteiger partial charge in [-0.15, -0.1) is 0 Å². The fourth-order valence-corrected chi connectivity index (χ4v) is 1.45. The number of nitrogens with zero attached hydrogens (tertiary/aromatic N) is 3. The molecule has 2 rings (SSSR count). The van der Waals surface area contributed by atoms with Crippen molar-refractivity contribution in [3.8, 4) is 6.07 Å². The summed E-state index contributed by atoms with van der Waals surface area (Å²) >= 11 is 0. The van der Waals surface area contributed by atoms with E-state index in [0.29, 0.717) is 23.8 Å². The molecule has 0 saturated carbocycles. The first-order valence-corrected chi connectivity index (χ1v) is 5.29. The van der Waals surface area contributed by atoms with Crippen LogP contribution in [-0.2, 0) is 6.42 Å². The molecule has 2 aromatic heterocycles. The molecule has 0 aliphatic rings. The largest absolute Gasteiger partial charge is 0.469 e. The highest BCUT2D eigenvalue weighted by Crippen LogP contribution is 2.10. The standard InChI is InChI=1S/C12H12N4O/c1-9-15-8-10(7-13)12(16-9)14-5-4-11-3-2-6-17-11/h2-3,6,8H,4-5H2,1H3,(H,14,15,16). The minimum absolute atomic E-state index is 0.454. The Kier molecular flexibility index (Phi) is 3.36. The van der Waals surface area contributed by atoms with E-state index < -0.39 is 0 Å². The van der Waals surface area contributed by atoms with Crippen molar-refractivity contribution < 1.29 is 4.42 Å². The van der Waals surface area contributed by atoms with E-state index in [1.807, 2.05) is 12.1 Å². The Balaban J connectivity index is 1.99. The zero-order valence-electron chi connectivity index (χ0n) is 9.47. The zero-order valence-corrected chi connectivity index (χ0v) is 9.47. The van der Waals surface area contributed by atoms with Gasteiger partial charge in [-0.2, -0.15) is 5.26 Å². The van der Waals surface area contributed by atoms with Crippen molar-refractivity contribution in [3.63, 3.8) is 0 Å². The average Bonchev–Trinajstić information content (AvgIpc) is 2.82. The van der Waals surface area contributed by atoms with Gasteiger partial charge in [0.15, 0.2) is 0 Å². The molecule has 86 valence electrons. The van der Waals surface area contributed by atoms with Crippen LogP contribution in [0, 0.1) is 18.3 Å². The Hall–Kier alpha value is -2.35. The summed E-state index contributed by atoms with van der Waals surface area (Å²) in [6.45, 7) is 2.46. The Morgan fingerprint density at radius 3 is 3.12 bits per heavy atom. The van der Waals surface area contributed by atoms with Crippen LogP contribution in [0.3, 0.4) is 0 Å². The average molecular weight is 228 g/mol. The molecule has 0 bridgehead atoms. The summed E-state index contributed by atoms with van der Waals surface area (Å²) in [6.07, 6.45) is 3.92. The van der Waals surface area contributed by atoms with Gasteiger partial charge in [-0.05, 0) is 19.1 Å². The SMILES string of the molecule is Cc1ncc(C#N)c(NCCc2ccco2)n1. The van der Waals surface area contributed by atoms with Gasteiger partial charge >= 0.3 is 0 Å². The lowest BCUT2D eigenvalue weighted by atomic mass is 10.3. The van der Waals surface area contributed by atoms with E-state index in [2.05, 4.69) is 21.4 Å². The van der Waals surface area contributed by atoms with Gasteiger partial charge in [-0.25, -0.2) is 9.97 Å². The molecule has 0 aliphatic carbocycles. The highest BCUT2D eigenvalue weighted by molar-refractivity contribution is 5.50. The molecule has 2 heterocycles. The van der Waals surface area contributed by atoms with Gasteiger partial charge in [0.1, 0.15) is 29.0 Å². The van der Waals surface area contributed by atoms with Crippen molar-refractivity contribution in [2.75, 3.05) is 11.9 Å². The van der Waals surface area contributed by atoms with Crippen LogP contribution in [0.5, 0.6) is 0 Å². The molecule has 5 nitrogen and oxygen atoms in total. The molecule has 1 N–H and O–H groups in total. The lowest BCUT2D eigenvalue weighted by Gasteiger charge is -2.06. The summed E-state index contributed by atoms with van der Waals surface area (Å²) in [5, 5.41) is 12.0. The maximum absolute atomic E-state index is 8.90. The van der Waals surface area contributed by atoms with E-state index in [0.717, 1.165) is 12.2 Å². The van der Waals surface area contributed by atoms with Gasteiger partial charge in [0.2, 0.25) is 0 Å². The third-order valence-corrected chi connectivity index (χ3v) is 2.27. The third-order valence-electron chi connectivity index (χ3n) is 2.27. The van der Waals surface area contributed by atoms with Crippen LogP contribution >= 0.6 is 0 Å². The number of anilines is 1. The fraction of sp³-hybridized carbons (Fsp3) is 0.250. The summed E-state index contributed by atoms with van der Waals surface area (Å²) < 4.78 is 5.21. The number of furan rings is 1. The van der Waals surface area contributed by atoms with Crippen molar-refractivity contribution >= 4 is 5.82 Å². The van der Waals surface area contributed by atoms with E-state index in [9.17, 15) is 0 Å². The third kappa shape index (κ3) is 2.82. The lowest BCUT2D eigenvalue weighted by molar-refractivity contribution is 0.513. The first-order chi connectivity index (χ1) is 8.29. The van der Waals surface area contributed by atoms with Crippen LogP contribution in [0.15, 0.2) is 29.0 Å². The van der Waals surface area contributed by atoms with Crippen LogP contribution < -0.4 is 5.32 Å². The summed E-state index contributed by atoms with van der Waals surface area (Å²) in [5.74, 6) is 2.12. The van der Waals surface area contributed by atoms with Crippen LogP contribution in [0.1, 0.15) is 17.1 Å². The van der Waals surface area contributed by atoms with Crippen LogP contribution in [0.25, 0.3) is 0 Å².